The van der Waals surface area contributed by atoms with Crippen LogP contribution in [0.2, 0.25) is 0 Å². The molecule has 0 radical (unpaired) electrons. The van der Waals surface area contributed by atoms with E-state index in [1.54, 1.807) is 14.2 Å². The van der Waals surface area contributed by atoms with Crippen LogP contribution in [0.3, 0.4) is 0 Å². The van der Waals surface area contributed by atoms with E-state index in [0.717, 1.165) is 23.5 Å². The third kappa shape index (κ3) is 6.23. The molecule has 1 aromatic rings. The highest BCUT2D eigenvalue weighted by molar-refractivity contribution is 5.41. The zero-order chi connectivity index (χ0) is 14.8. The Kier molecular flexibility index (Phi) is 8.02. The van der Waals surface area contributed by atoms with Crippen molar-refractivity contribution in [1.82, 2.24) is 0 Å². The second-order valence-corrected chi connectivity index (χ2v) is 4.61. The van der Waals surface area contributed by atoms with E-state index < -0.39 is 0 Å². The quantitative estimate of drug-likeness (QED) is 0.661. The van der Waals surface area contributed by atoms with Crippen molar-refractivity contribution in [2.24, 2.45) is 5.73 Å². The van der Waals surface area contributed by atoms with Gasteiger partial charge in [-0.25, -0.2) is 0 Å². The number of hydrogen-bond acceptors (Lipinski definition) is 5. The Morgan fingerprint density at radius 3 is 2.50 bits per heavy atom. The Hall–Kier alpha value is -1.30. The van der Waals surface area contributed by atoms with Crippen LogP contribution < -0.4 is 15.2 Å². The zero-order valence-electron chi connectivity index (χ0n) is 12.6. The van der Waals surface area contributed by atoms with Crippen molar-refractivity contribution in [2.45, 2.75) is 19.4 Å². The topological polar surface area (TPSA) is 62.9 Å². The minimum Gasteiger partial charge on any atom is -0.497 e. The summed E-state index contributed by atoms with van der Waals surface area (Å²) in [6.45, 7) is 4.16. The molecule has 20 heavy (non-hydrogen) atoms. The number of rotatable bonds is 10. The van der Waals surface area contributed by atoms with Crippen LogP contribution in [0.25, 0.3) is 0 Å². The first kappa shape index (κ1) is 16.8. The first-order valence-corrected chi connectivity index (χ1v) is 6.79. The highest BCUT2D eigenvalue weighted by atomic mass is 16.5. The largest absolute Gasteiger partial charge is 0.497 e. The molecule has 1 aromatic carbocycles. The monoisotopic (exact) mass is 283 g/mol. The van der Waals surface area contributed by atoms with Gasteiger partial charge in [0.2, 0.25) is 0 Å². The van der Waals surface area contributed by atoms with Crippen LogP contribution in [-0.2, 0) is 15.9 Å². The minimum absolute atomic E-state index is 0.0868. The van der Waals surface area contributed by atoms with Crippen molar-refractivity contribution in [3.63, 3.8) is 0 Å². The lowest BCUT2D eigenvalue weighted by molar-refractivity contribution is 0.0542. The van der Waals surface area contributed by atoms with Crippen molar-refractivity contribution in [2.75, 3.05) is 40.6 Å². The van der Waals surface area contributed by atoms with Crippen molar-refractivity contribution in [1.29, 1.82) is 0 Å². The van der Waals surface area contributed by atoms with Gasteiger partial charge in [-0.3, -0.25) is 0 Å². The van der Waals surface area contributed by atoms with Crippen molar-refractivity contribution < 1.29 is 18.9 Å². The molecule has 0 heterocycles. The lowest BCUT2D eigenvalue weighted by Crippen LogP contribution is -2.18. The molecule has 0 fully saturated rings. The van der Waals surface area contributed by atoms with Crippen LogP contribution in [0, 0.1) is 0 Å². The molecule has 5 nitrogen and oxygen atoms in total. The molecular formula is C15H25NO4. The zero-order valence-corrected chi connectivity index (χ0v) is 12.6. The molecule has 0 aliphatic rings. The third-order valence-corrected chi connectivity index (χ3v) is 2.73. The van der Waals surface area contributed by atoms with Crippen LogP contribution in [0.1, 0.15) is 12.5 Å². The smallest absolute Gasteiger partial charge is 0.126 e. The molecule has 0 saturated carbocycles. The predicted octanol–water partition coefficient (Wildman–Crippen LogP) is 1.63. The van der Waals surface area contributed by atoms with E-state index in [1.807, 2.05) is 25.1 Å². The fourth-order valence-electron chi connectivity index (χ4n) is 1.77. The SMILES string of the molecule is COCCOCCOc1cc(OC)ccc1CC(C)N. The van der Waals surface area contributed by atoms with Crippen LogP contribution in [0.15, 0.2) is 18.2 Å². The van der Waals surface area contributed by atoms with Gasteiger partial charge in [0.1, 0.15) is 18.1 Å². The maximum Gasteiger partial charge on any atom is 0.126 e. The molecule has 0 aromatic heterocycles. The van der Waals surface area contributed by atoms with Gasteiger partial charge < -0.3 is 24.7 Å². The highest BCUT2D eigenvalue weighted by Crippen LogP contribution is 2.25. The number of benzene rings is 1. The van der Waals surface area contributed by atoms with Gasteiger partial charge in [0.05, 0.1) is 26.9 Å². The molecular weight excluding hydrogens is 258 g/mol. The molecule has 114 valence electrons. The van der Waals surface area contributed by atoms with Gasteiger partial charge >= 0.3 is 0 Å². The number of methoxy groups -OCH3 is 2. The highest BCUT2D eigenvalue weighted by Gasteiger charge is 2.08. The van der Waals surface area contributed by atoms with Gasteiger partial charge in [-0.2, -0.15) is 0 Å². The summed E-state index contributed by atoms with van der Waals surface area (Å²) in [6, 6.07) is 5.87. The minimum atomic E-state index is 0.0868. The molecule has 1 unspecified atom stereocenters. The number of nitrogens with two attached hydrogens (primary N) is 1. The van der Waals surface area contributed by atoms with E-state index in [-0.39, 0.29) is 6.04 Å². The molecule has 0 saturated heterocycles. The van der Waals surface area contributed by atoms with Crippen LogP contribution in [-0.4, -0.2) is 46.7 Å². The van der Waals surface area contributed by atoms with E-state index >= 15 is 0 Å². The maximum absolute atomic E-state index is 5.85. The van der Waals surface area contributed by atoms with Gasteiger partial charge in [-0.15, -0.1) is 0 Å². The fraction of sp³-hybridized carbons (Fsp3) is 0.600. The van der Waals surface area contributed by atoms with Gasteiger partial charge in [0, 0.05) is 19.2 Å². The molecule has 0 amide bonds. The average molecular weight is 283 g/mol. The second kappa shape index (κ2) is 9.58. The van der Waals surface area contributed by atoms with E-state index in [4.69, 9.17) is 24.7 Å². The number of ether oxygens (including phenoxy) is 4. The first-order valence-electron chi connectivity index (χ1n) is 6.79. The summed E-state index contributed by atoms with van der Waals surface area (Å²) in [4.78, 5) is 0. The summed E-state index contributed by atoms with van der Waals surface area (Å²) in [6.07, 6.45) is 0.768. The molecule has 5 heteroatoms. The van der Waals surface area contributed by atoms with Gasteiger partial charge in [0.25, 0.3) is 0 Å². The van der Waals surface area contributed by atoms with Crippen molar-refractivity contribution in [3.05, 3.63) is 23.8 Å². The Labute approximate surface area is 121 Å². The fourth-order valence-corrected chi connectivity index (χ4v) is 1.77. The van der Waals surface area contributed by atoms with E-state index in [0.29, 0.717) is 26.4 Å². The standard InChI is InChI=1S/C15H25NO4/c1-12(16)10-13-4-5-14(18-3)11-15(13)20-9-8-19-7-6-17-2/h4-5,11-12H,6-10,16H2,1-3H3. The maximum atomic E-state index is 5.85. The molecule has 1 rings (SSSR count). The Morgan fingerprint density at radius 2 is 1.85 bits per heavy atom. The summed E-state index contributed by atoms with van der Waals surface area (Å²) in [7, 11) is 3.29. The molecule has 0 bridgehead atoms. The van der Waals surface area contributed by atoms with Crippen LogP contribution >= 0.6 is 0 Å². The van der Waals surface area contributed by atoms with Gasteiger partial charge in [-0.05, 0) is 25.0 Å². The van der Waals surface area contributed by atoms with Gasteiger partial charge in [0.15, 0.2) is 0 Å². The average Bonchev–Trinajstić information content (AvgIpc) is 2.43. The molecule has 2 N–H and O–H groups in total. The van der Waals surface area contributed by atoms with E-state index in [9.17, 15) is 0 Å². The Morgan fingerprint density at radius 1 is 1.10 bits per heavy atom. The van der Waals surface area contributed by atoms with Crippen LogP contribution in [0.5, 0.6) is 11.5 Å². The van der Waals surface area contributed by atoms with Gasteiger partial charge in [-0.1, -0.05) is 6.07 Å². The summed E-state index contributed by atoms with van der Waals surface area (Å²) in [5.74, 6) is 1.57. The molecule has 0 aliphatic carbocycles. The number of hydrogen-bond donors (Lipinski definition) is 1. The normalized spacial score (nSPS) is 12.2. The molecule has 0 aliphatic heterocycles. The summed E-state index contributed by atoms with van der Waals surface area (Å²) in [5.41, 5.74) is 6.93. The summed E-state index contributed by atoms with van der Waals surface area (Å²) in [5, 5.41) is 0. The third-order valence-electron chi connectivity index (χ3n) is 2.73. The lowest BCUT2D eigenvalue weighted by atomic mass is 10.1. The first-order chi connectivity index (χ1) is 9.67. The van der Waals surface area contributed by atoms with Crippen molar-refractivity contribution in [3.8, 4) is 11.5 Å². The van der Waals surface area contributed by atoms with Crippen LogP contribution in [0.4, 0.5) is 0 Å². The molecule has 1 atom stereocenters. The molecule has 0 spiro atoms. The predicted molar refractivity (Wildman–Crippen MR) is 78.5 cm³/mol. The van der Waals surface area contributed by atoms with E-state index in [2.05, 4.69) is 0 Å². The lowest BCUT2D eigenvalue weighted by Gasteiger charge is -2.14. The Balaban J connectivity index is 2.52. The Bertz CT molecular complexity index is 382. The summed E-state index contributed by atoms with van der Waals surface area (Å²) >= 11 is 0. The second-order valence-electron chi connectivity index (χ2n) is 4.61. The summed E-state index contributed by atoms with van der Waals surface area (Å²) < 4.78 is 21.2. The van der Waals surface area contributed by atoms with Crippen molar-refractivity contribution >= 4 is 0 Å². The van der Waals surface area contributed by atoms with E-state index in [1.165, 1.54) is 0 Å².